The molecule has 0 spiro atoms. The van der Waals surface area contributed by atoms with Gasteiger partial charge in [-0.15, -0.1) is 0 Å². The molecule has 4 nitrogen and oxygen atoms in total. The topological polar surface area (TPSA) is 45.2 Å². The van der Waals surface area contributed by atoms with E-state index in [1.807, 2.05) is 61.3 Å². The predicted molar refractivity (Wildman–Crippen MR) is 103 cm³/mol. The number of carbonyl (C=O) groups excluding carboxylic acids is 1. The Kier molecular flexibility index (Phi) is 5.00. The largest absolute Gasteiger partial charge is 0.343 e. The lowest BCUT2D eigenvalue weighted by molar-refractivity contribution is 0.102. The van der Waals surface area contributed by atoms with E-state index in [9.17, 15) is 4.79 Å². The number of aryl methyl sites for hydroxylation is 1. The maximum Gasteiger partial charge on any atom is 0.257 e. The molecular formula is C20H18ClN3O. The minimum Gasteiger partial charge on any atom is -0.343 e. The summed E-state index contributed by atoms with van der Waals surface area (Å²) in [6.07, 6.45) is 3.29. The molecule has 0 atom stereocenters. The average molecular weight is 352 g/mol. The van der Waals surface area contributed by atoms with E-state index >= 15 is 0 Å². The molecule has 0 unspecified atom stereocenters. The number of benzene rings is 2. The smallest absolute Gasteiger partial charge is 0.257 e. The first-order valence-corrected chi connectivity index (χ1v) is 8.24. The SMILES string of the molecule is Cc1cc(Cl)ccc1NC(=O)c1cncc(N(C)c2ccccc2)c1. The van der Waals surface area contributed by atoms with Crippen LogP contribution in [0.15, 0.2) is 67.0 Å². The number of para-hydroxylation sites is 1. The van der Waals surface area contributed by atoms with Crippen LogP contribution in [0.4, 0.5) is 17.1 Å². The van der Waals surface area contributed by atoms with Crippen molar-refractivity contribution in [3.05, 3.63) is 83.1 Å². The lowest BCUT2D eigenvalue weighted by Gasteiger charge is -2.19. The van der Waals surface area contributed by atoms with E-state index in [0.29, 0.717) is 10.6 Å². The first-order valence-electron chi connectivity index (χ1n) is 7.86. The van der Waals surface area contributed by atoms with Crippen molar-refractivity contribution in [3.8, 4) is 0 Å². The summed E-state index contributed by atoms with van der Waals surface area (Å²) in [5.74, 6) is -0.207. The number of carbonyl (C=O) groups is 1. The van der Waals surface area contributed by atoms with Gasteiger partial charge in [0.2, 0.25) is 0 Å². The lowest BCUT2D eigenvalue weighted by atomic mass is 10.1. The first kappa shape index (κ1) is 17.0. The summed E-state index contributed by atoms with van der Waals surface area (Å²) < 4.78 is 0. The Bertz CT molecular complexity index is 896. The quantitative estimate of drug-likeness (QED) is 0.714. The zero-order chi connectivity index (χ0) is 17.8. The monoisotopic (exact) mass is 351 g/mol. The zero-order valence-corrected chi connectivity index (χ0v) is 14.8. The van der Waals surface area contributed by atoms with Crippen molar-refractivity contribution in [2.75, 3.05) is 17.3 Å². The highest BCUT2D eigenvalue weighted by molar-refractivity contribution is 6.30. The van der Waals surface area contributed by atoms with Crippen LogP contribution in [0.5, 0.6) is 0 Å². The van der Waals surface area contributed by atoms with Gasteiger partial charge >= 0.3 is 0 Å². The molecule has 1 aromatic heterocycles. The highest BCUT2D eigenvalue weighted by atomic mass is 35.5. The second-order valence-electron chi connectivity index (χ2n) is 5.74. The Balaban J connectivity index is 1.82. The fraction of sp³-hybridized carbons (Fsp3) is 0.100. The van der Waals surface area contributed by atoms with Gasteiger partial charge in [-0.3, -0.25) is 9.78 Å². The van der Waals surface area contributed by atoms with Crippen LogP contribution in [-0.4, -0.2) is 17.9 Å². The van der Waals surface area contributed by atoms with Gasteiger partial charge in [-0.25, -0.2) is 0 Å². The van der Waals surface area contributed by atoms with Crippen LogP contribution in [0.1, 0.15) is 15.9 Å². The highest BCUT2D eigenvalue weighted by Gasteiger charge is 2.11. The normalized spacial score (nSPS) is 10.4. The fourth-order valence-electron chi connectivity index (χ4n) is 2.50. The molecule has 126 valence electrons. The van der Waals surface area contributed by atoms with E-state index in [2.05, 4.69) is 10.3 Å². The molecule has 3 rings (SSSR count). The van der Waals surface area contributed by atoms with E-state index in [1.165, 1.54) is 0 Å². The molecule has 0 aliphatic heterocycles. The van der Waals surface area contributed by atoms with Crippen molar-refractivity contribution >= 4 is 34.6 Å². The minimum absolute atomic E-state index is 0.207. The molecule has 1 amide bonds. The number of halogens is 1. The molecule has 0 fully saturated rings. The zero-order valence-electron chi connectivity index (χ0n) is 14.0. The summed E-state index contributed by atoms with van der Waals surface area (Å²) in [4.78, 5) is 18.8. The van der Waals surface area contributed by atoms with E-state index in [4.69, 9.17) is 11.6 Å². The molecule has 0 aliphatic rings. The van der Waals surface area contributed by atoms with Crippen LogP contribution in [0.2, 0.25) is 5.02 Å². The number of hydrogen-bond acceptors (Lipinski definition) is 3. The maximum atomic E-state index is 12.6. The van der Waals surface area contributed by atoms with Crippen LogP contribution < -0.4 is 10.2 Å². The third-order valence-electron chi connectivity index (χ3n) is 3.95. The fourth-order valence-corrected chi connectivity index (χ4v) is 2.72. The van der Waals surface area contributed by atoms with Crippen molar-refractivity contribution in [1.29, 1.82) is 0 Å². The molecule has 2 aromatic carbocycles. The number of amides is 1. The van der Waals surface area contributed by atoms with Crippen molar-refractivity contribution < 1.29 is 4.79 Å². The minimum atomic E-state index is -0.207. The number of pyridine rings is 1. The van der Waals surface area contributed by atoms with Crippen LogP contribution in [-0.2, 0) is 0 Å². The highest BCUT2D eigenvalue weighted by Crippen LogP contribution is 2.24. The molecule has 5 heteroatoms. The van der Waals surface area contributed by atoms with Crippen molar-refractivity contribution in [2.24, 2.45) is 0 Å². The molecular weight excluding hydrogens is 334 g/mol. The summed E-state index contributed by atoms with van der Waals surface area (Å²) in [5, 5.41) is 3.55. The number of aromatic nitrogens is 1. The maximum absolute atomic E-state index is 12.6. The van der Waals surface area contributed by atoms with Crippen LogP contribution in [0, 0.1) is 6.92 Å². The molecule has 0 saturated heterocycles. The number of nitrogens with one attached hydrogen (secondary N) is 1. The first-order chi connectivity index (χ1) is 12.0. The summed E-state index contributed by atoms with van der Waals surface area (Å²) in [6, 6.07) is 17.1. The number of nitrogens with zero attached hydrogens (tertiary/aromatic N) is 2. The molecule has 0 bridgehead atoms. The molecule has 25 heavy (non-hydrogen) atoms. The molecule has 0 saturated carbocycles. The molecule has 1 N–H and O–H groups in total. The Hall–Kier alpha value is -2.85. The summed E-state index contributed by atoms with van der Waals surface area (Å²) >= 11 is 5.96. The standard InChI is InChI=1S/C20H18ClN3O/c1-14-10-16(21)8-9-19(14)23-20(25)15-11-18(13-22-12-15)24(2)17-6-4-3-5-7-17/h3-13H,1-2H3,(H,23,25). The van der Waals surface area contributed by atoms with Gasteiger partial charge in [-0.05, 0) is 48.9 Å². The van der Waals surface area contributed by atoms with Gasteiger partial charge in [-0.1, -0.05) is 29.8 Å². The van der Waals surface area contributed by atoms with E-state index < -0.39 is 0 Å². The van der Waals surface area contributed by atoms with Crippen molar-refractivity contribution in [3.63, 3.8) is 0 Å². The van der Waals surface area contributed by atoms with Gasteiger partial charge < -0.3 is 10.2 Å². The van der Waals surface area contributed by atoms with E-state index in [0.717, 1.165) is 22.6 Å². The van der Waals surface area contributed by atoms with Gasteiger partial charge in [-0.2, -0.15) is 0 Å². The van der Waals surface area contributed by atoms with Crippen LogP contribution in [0.3, 0.4) is 0 Å². The molecule has 1 heterocycles. The second kappa shape index (κ2) is 7.36. The molecule has 0 radical (unpaired) electrons. The number of rotatable bonds is 4. The Morgan fingerprint density at radius 2 is 1.80 bits per heavy atom. The van der Waals surface area contributed by atoms with Crippen LogP contribution in [0.25, 0.3) is 0 Å². The summed E-state index contributed by atoms with van der Waals surface area (Å²) in [6.45, 7) is 1.90. The number of anilines is 3. The Morgan fingerprint density at radius 1 is 1.04 bits per heavy atom. The summed E-state index contributed by atoms with van der Waals surface area (Å²) in [5.41, 5.74) is 4.00. The van der Waals surface area contributed by atoms with Gasteiger partial charge in [0, 0.05) is 29.6 Å². The Morgan fingerprint density at radius 3 is 2.52 bits per heavy atom. The Labute approximate surface area is 152 Å². The van der Waals surface area contributed by atoms with Gasteiger partial charge in [0.1, 0.15) is 0 Å². The third kappa shape index (κ3) is 3.98. The second-order valence-corrected chi connectivity index (χ2v) is 6.18. The summed E-state index contributed by atoms with van der Waals surface area (Å²) in [7, 11) is 1.94. The van der Waals surface area contributed by atoms with Gasteiger partial charge in [0.05, 0.1) is 17.4 Å². The number of hydrogen-bond donors (Lipinski definition) is 1. The van der Waals surface area contributed by atoms with Gasteiger partial charge in [0.25, 0.3) is 5.91 Å². The van der Waals surface area contributed by atoms with E-state index in [1.54, 1.807) is 24.5 Å². The van der Waals surface area contributed by atoms with E-state index in [-0.39, 0.29) is 5.91 Å². The predicted octanol–water partition coefficient (Wildman–Crippen LogP) is 5.06. The van der Waals surface area contributed by atoms with Crippen LogP contribution >= 0.6 is 11.6 Å². The third-order valence-corrected chi connectivity index (χ3v) is 4.19. The van der Waals surface area contributed by atoms with Gasteiger partial charge in [0.15, 0.2) is 0 Å². The lowest BCUT2D eigenvalue weighted by Crippen LogP contribution is -2.15. The average Bonchev–Trinajstić information content (AvgIpc) is 2.64. The molecule has 3 aromatic rings. The van der Waals surface area contributed by atoms with Crippen molar-refractivity contribution in [2.45, 2.75) is 6.92 Å². The molecule has 0 aliphatic carbocycles. The van der Waals surface area contributed by atoms with Crippen molar-refractivity contribution in [1.82, 2.24) is 4.98 Å².